The minimum absolute atomic E-state index is 0.0440. The molecule has 1 aromatic carbocycles. The van der Waals surface area contributed by atoms with Gasteiger partial charge in [-0.05, 0) is 38.1 Å². The van der Waals surface area contributed by atoms with Crippen LogP contribution in [0.4, 0.5) is 0 Å². The Balaban J connectivity index is 2.68. The Morgan fingerprint density at radius 3 is 2.08 bits per heavy atom. The first kappa shape index (κ1) is 20.1. The van der Waals surface area contributed by atoms with Gasteiger partial charge >= 0.3 is 0 Å². The van der Waals surface area contributed by atoms with Gasteiger partial charge in [-0.15, -0.1) is 0 Å². The summed E-state index contributed by atoms with van der Waals surface area (Å²) in [5, 5.41) is 2.73. The normalized spacial score (nSPS) is 11.6. The maximum Gasteiger partial charge on any atom is 0.251 e. The molecule has 0 fully saturated rings. The molecule has 0 heterocycles. The second-order valence-corrected chi connectivity index (χ2v) is 8.03. The van der Waals surface area contributed by atoms with Crippen molar-refractivity contribution < 1.29 is 18.0 Å². The molecular weight excluding hydrogens is 330 g/mol. The predicted octanol–water partition coefficient (Wildman–Crippen LogP) is 0.924. The van der Waals surface area contributed by atoms with E-state index < -0.39 is 10.0 Å². The molecule has 0 atom stereocenters. The number of benzene rings is 1. The maximum absolute atomic E-state index is 12.1. The zero-order valence-corrected chi connectivity index (χ0v) is 15.6. The van der Waals surface area contributed by atoms with Gasteiger partial charge in [-0.3, -0.25) is 9.59 Å². The van der Waals surface area contributed by atoms with Crippen LogP contribution in [0.1, 0.15) is 31.1 Å². The fourth-order valence-corrected chi connectivity index (χ4v) is 3.06. The summed E-state index contributed by atoms with van der Waals surface area (Å²) in [6, 6.07) is 5.81. The van der Waals surface area contributed by atoms with Crippen LogP contribution in [0.15, 0.2) is 29.2 Å². The van der Waals surface area contributed by atoms with Gasteiger partial charge in [0.25, 0.3) is 5.91 Å². The molecule has 1 aromatic rings. The Morgan fingerprint density at radius 1 is 1.12 bits per heavy atom. The maximum atomic E-state index is 12.1. The molecule has 0 bridgehead atoms. The van der Waals surface area contributed by atoms with Crippen LogP contribution in [0.2, 0.25) is 0 Å². The molecule has 0 aliphatic heterocycles. The van der Waals surface area contributed by atoms with E-state index in [1.165, 1.54) is 45.3 Å². The summed E-state index contributed by atoms with van der Waals surface area (Å²) >= 11 is 0. The van der Waals surface area contributed by atoms with Gasteiger partial charge in [0.2, 0.25) is 15.9 Å². The van der Waals surface area contributed by atoms with E-state index in [0.29, 0.717) is 18.7 Å². The van der Waals surface area contributed by atoms with E-state index in [2.05, 4.69) is 5.32 Å². The van der Waals surface area contributed by atoms with Gasteiger partial charge in [0.15, 0.2) is 0 Å². The minimum atomic E-state index is -3.51. The van der Waals surface area contributed by atoms with Gasteiger partial charge < -0.3 is 10.2 Å². The van der Waals surface area contributed by atoms with Gasteiger partial charge in [-0.1, -0.05) is 0 Å². The molecule has 0 saturated heterocycles. The number of hydrogen-bond acceptors (Lipinski definition) is 4. The van der Waals surface area contributed by atoms with Gasteiger partial charge in [0.05, 0.1) is 4.90 Å². The van der Waals surface area contributed by atoms with Crippen LogP contribution in [0, 0.1) is 0 Å². The van der Waals surface area contributed by atoms with Crippen LogP contribution >= 0.6 is 0 Å². The average molecular weight is 355 g/mol. The third kappa shape index (κ3) is 5.04. The predicted molar refractivity (Wildman–Crippen MR) is 92.2 cm³/mol. The van der Waals surface area contributed by atoms with Crippen LogP contribution < -0.4 is 5.32 Å². The van der Waals surface area contributed by atoms with Crippen molar-refractivity contribution in [1.29, 1.82) is 0 Å². The molecule has 2 amide bonds. The molecule has 0 saturated carbocycles. The number of hydrogen-bond donors (Lipinski definition) is 1. The van der Waals surface area contributed by atoms with Gasteiger partial charge in [0, 0.05) is 45.7 Å². The number of amides is 2. The molecule has 0 radical (unpaired) electrons. The summed E-state index contributed by atoms with van der Waals surface area (Å²) in [6.07, 6.45) is 0. The van der Waals surface area contributed by atoms with Gasteiger partial charge in [0.1, 0.15) is 0 Å². The van der Waals surface area contributed by atoms with E-state index in [1.807, 2.05) is 13.8 Å². The van der Waals surface area contributed by atoms with Crippen molar-refractivity contribution in [2.24, 2.45) is 0 Å². The van der Waals surface area contributed by atoms with Crippen LogP contribution in [0.25, 0.3) is 0 Å². The quantitative estimate of drug-likeness (QED) is 0.788. The first-order valence-electron chi connectivity index (χ1n) is 7.65. The van der Waals surface area contributed by atoms with E-state index in [1.54, 1.807) is 4.90 Å². The van der Waals surface area contributed by atoms with E-state index in [0.717, 1.165) is 4.31 Å². The molecule has 1 N–H and O–H groups in total. The molecule has 8 heteroatoms. The number of carbonyl (C=O) groups excluding carboxylic acids is 2. The number of carbonyl (C=O) groups is 2. The van der Waals surface area contributed by atoms with Crippen molar-refractivity contribution in [3.63, 3.8) is 0 Å². The zero-order valence-electron chi connectivity index (χ0n) is 14.7. The lowest BCUT2D eigenvalue weighted by Crippen LogP contribution is -2.41. The lowest BCUT2D eigenvalue weighted by Gasteiger charge is -2.25. The van der Waals surface area contributed by atoms with Crippen molar-refractivity contribution in [2.75, 3.05) is 27.2 Å². The lowest BCUT2D eigenvalue weighted by molar-refractivity contribution is -0.130. The average Bonchev–Trinajstić information content (AvgIpc) is 2.50. The Labute approximate surface area is 143 Å². The molecule has 7 nitrogen and oxygen atoms in total. The third-order valence-corrected chi connectivity index (χ3v) is 5.39. The standard InChI is InChI=1S/C16H25N3O4S/c1-12(2)19(13(3)20)11-10-17-16(21)14-6-8-15(9-7-14)24(22,23)18(4)5/h6-9,12H,10-11H2,1-5H3,(H,17,21). The van der Waals surface area contributed by atoms with Gasteiger partial charge in [-0.25, -0.2) is 12.7 Å². The highest BCUT2D eigenvalue weighted by Gasteiger charge is 2.18. The first-order valence-corrected chi connectivity index (χ1v) is 9.09. The number of nitrogens with one attached hydrogen (secondary N) is 1. The first-order chi connectivity index (χ1) is 11.1. The molecule has 1 rings (SSSR count). The van der Waals surface area contributed by atoms with E-state index in [4.69, 9.17) is 0 Å². The van der Waals surface area contributed by atoms with Crippen LogP contribution in [-0.2, 0) is 14.8 Å². The highest BCUT2D eigenvalue weighted by molar-refractivity contribution is 7.89. The summed E-state index contributed by atoms with van der Waals surface area (Å²) in [5.74, 6) is -0.353. The molecule has 0 spiro atoms. The van der Waals surface area contributed by atoms with E-state index >= 15 is 0 Å². The smallest absolute Gasteiger partial charge is 0.251 e. The lowest BCUT2D eigenvalue weighted by atomic mass is 10.2. The van der Waals surface area contributed by atoms with Crippen molar-refractivity contribution >= 4 is 21.8 Å². The summed E-state index contributed by atoms with van der Waals surface area (Å²) < 4.78 is 25.1. The van der Waals surface area contributed by atoms with Crippen LogP contribution in [0.5, 0.6) is 0 Å². The molecule has 0 unspecified atom stereocenters. The monoisotopic (exact) mass is 355 g/mol. The SMILES string of the molecule is CC(=O)N(CCNC(=O)c1ccc(S(=O)(=O)N(C)C)cc1)C(C)C. The molecule has 0 aliphatic rings. The number of sulfonamides is 1. The van der Waals surface area contributed by atoms with Crippen molar-refractivity contribution in [1.82, 2.24) is 14.5 Å². The number of nitrogens with zero attached hydrogens (tertiary/aromatic N) is 2. The molecule has 0 aromatic heterocycles. The van der Waals surface area contributed by atoms with E-state index in [-0.39, 0.29) is 22.8 Å². The molecular formula is C16H25N3O4S. The summed E-state index contributed by atoms with van der Waals surface area (Å²) in [4.78, 5) is 25.3. The highest BCUT2D eigenvalue weighted by atomic mass is 32.2. The summed E-state index contributed by atoms with van der Waals surface area (Å²) in [6.45, 7) is 6.06. The fourth-order valence-electron chi connectivity index (χ4n) is 2.16. The Bertz CT molecular complexity index is 682. The Morgan fingerprint density at radius 2 is 1.67 bits per heavy atom. The second kappa shape index (κ2) is 8.25. The van der Waals surface area contributed by atoms with Crippen molar-refractivity contribution in [2.45, 2.75) is 31.7 Å². The minimum Gasteiger partial charge on any atom is -0.350 e. The third-order valence-electron chi connectivity index (χ3n) is 3.56. The number of rotatable bonds is 7. The second-order valence-electron chi connectivity index (χ2n) is 5.87. The molecule has 24 heavy (non-hydrogen) atoms. The Kier molecular flexibility index (Phi) is 6.92. The summed E-state index contributed by atoms with van der Waals surface area (Å²) in [5.41, 5.74) is 0.367. The summed E-state index contributed by atoms with van der Waals surface area (Å²) in [7, 11) is -0.609. The van der Waals surface area contributed by atoms with Crippen molar-refractivity contribution in [3.05, 3.63) is 29.8 Å². The van der Waals surface area contributed by atoms with Gasteiger partial charge in [-0.2, -0.15) is 0 Å². The Hall–Kier alpha value is -1.93. The van der Waals surface area contributed by atoms with E-state index in [9.17, 15) is 18.0 Å². The topological polar surface area (TPSA) is 86.8 Å². The molecule has 134 valence electrons. The largest absolute Gasteiger partial charge is 0.350 e. The highest BCUT2D eigenvalue weighted by Crippen LogP contribution is 2.13. The van der Waals surface area contributed by atoms with Crippen molar-refractivity contribution in [3.8, 4) is 0 Å². The van der Waals surface area contributed by atoms with Crippen LogP contribution in [-0.4, -0.2) is 62.7 Å². The fraction of sp³-hybridized carbons (Fsp3) is 0.500. The van der Waals surface area contributed by atoms with Crippen LogP contribution in [0.3, 0.4) is 0 Å². The zero-order chi connectivity index (χ0) is 18.5. The molecule has 0 aliphatic carbocycles.